The Morgan fingerprint density at radius 2 is 1.11 bits per heavy atom. The quantitative estimate of drug-likeness (QED) is 0.402. The molecular weight excluding hydrogens is 164 g/mol. The van der Waals surface area contributed by atoms with E-state index in [2.05, 4.69) is 0 Å². The van der Waals surface area contributed by atoms with E-state index >= 15 is 0 Å². The van der Waals surface area contributed by atoms with Crippen LogP contribution < -0.4 is 14.7 Å². The summed E-state index contributed by atoms with van der Waals surface area (Å²) in [7, 11) is -5.39. The summed E-state index contributed by atoms with van der Waals surface area (Å²) in [4.78, 5) is 25.6. The van der Waals surface area contributed by atoms with Gasteiger partial charge in [0.2, 0.25) is 0 Å². The van der Waals surface area contributed by atoms with Crippen molar-refractivity contribution in [3.05, 3.63) is 0 Å². The lowest BCUT2D eigenvalue weighted by Gasteiger charge is -2.36. The van der Waals surface area contributed by atoms with E-state index in [1.165, 1.54) is 0 Å². The van der Waals surface area contributed by atoms with Crippen molar-refractivity contribution in [2.24, 2.45) is 0 Å². The Labute approximate surface area is 48.2 Å². The molecule has 0 amide bonds. The van der Waals surface area contributed by atoms with Crippen molar-refractivity contribution in [3.63, 3.8) is 0 Å². The fraction of sp³-hybridized carbons (Fsp3) is 1.00. The summed E-state index contributed by atoms with van der Waals surface area (Å²) in [6.07, 6.45) is 0. The lowest BCUT2D eigenvalue weighted by molar-refractivity contribution is -0.432. The van der Waals surface area contributed by atoms with Gasteiger partial charge in [0.1, 0.15) is 0 Å². The van der Waals surface area contributed by atoms with Crippen LogP contribution in [0.1, 0.15) is 0 Å². The van der Waals surface area contributed by atoms with Crippen molar-refractivity contribution in [2.75, 3.05) is 0 Å². The van der Waals surface area contributed by atoms with E-state index < -0.39 is 14.5 Å². The standard InChI is InChI=1S/CHF3.H3O4P/c2-1(3)4;1-5(2,3)4/h1H;(H3,1,2,3,4)/p-3. The fourth-order valence-corrected chi connectivity index (χ4v) is 0. The zero-order valence-corrected chi connectivity index (χ0v) is 4.69. The Balaban J connectivity index is 0. The summed E-state index contributed by atoms with van der Waals surface area (Å²) in [6, 6.07) is 0. The lowest BCUT2D eigenvalue weighted by Crippen LogP contribution is -2.24. The van der Waals surface area contributed by atoms with Gasteiger partial charge in [-0.25, -0.2) is 0 Å². The molecule has 0 radical (unpaired) electrons. The molecule has 58 valence electrons. The molecule has 0 bridgehead atoms. The maximum Gasteiger partial charge on any atom is 0.379 e. The van der Waals surface area contributed by atoms with Gasteiger partial charge in [-0.05, 0) is 0 Å². The van der Waals surface area contributed by atoms with Gasteiger partial charge in [-0.2, -0.15) is 21.0 Å². The molecule has 9 heavy (non-hydrogen) atoms. The van der Waals surface area contributed by atoms with Crippen molar-refractivity contribution >= 4 is 7.82 Å². The molecule has 0 aliphatic rings. The average Bonchev–Trinajstić information content (AvgIpc) is 1.19. The molecule has 0 unspecified atom stereocenters. The first-order valence-electron chi connectivity index (χ1n) is 1.38. The Kier molecular flexibility index (Phi) is 6.16. The molecule has 4 nitrogen and oxygen atoms in total. The third-order valence-electron chi connectivity index (χ3n) is 0. The third kappa shape index (κ3) is 27500. The van der Waals surface area contributed by atoms with Crippen LogP contribution in [-0.4, -0.2) is 6.68 Å². The molecule has 0 aliphatic heterocycles. The van der Waals surface area contributed by atoms with Crippen molar-refractivity contribution in [3.8, 4) is 0 Å². The maximum atomic E-state index is 9.67. The van der Waals surface area contributed by atoms with Crippen molar-refractivity contribution < 1.29 is 32.4 Å². The number of hydrogen-bond donors (Lipinski definition) is 0. The van der Waals surface area contributed by atoms with Crippen LogP contribution >= 0.6 is 7.82 Å². The highest BCUT2D eigenvalue weighted by molar-refractivity contribution is 7.40. The van der Waals surface area contributed by atoms with Crippen LogP contribution in [0.5, 0.6) is 0 Å². The monoisotopic (exact) mass is 165 g/mol. The first-order chi connectivity index (χ1) is 3.73. The highest BCUT2D eigenvalue weighted by Gasteiger charge is 1.86. The zero-order chi connectivity index (χ0) is 8.08. The molecule has 0 aromatic carbocycles. The summed E-state index contributed by atoms with van der Waals surface area (Å²) in [6.45, 7) is -3.67. The summed E-state index contributed by atoms with van der Waals surface area (Å²) >= 11 is 0. The molecule has 0 atom stereocenters. The van der Waals surface area contributed by atoms with Crippen LogP contribution in [-0.2, 0) is 4.57 Å². The van der Waals surface area contributed by atoms with Crippen LogP contribution in [0, 0.1) is 0 Å². The minimum atomic E-state index is -5.39. The second-order valence-corrected chi connectivity index (χ2v) is 1.59. The van der Waals surface area contributed by atoms with E-state index in [4.69, 9.17) is 19.2 Å². The zero-order valence-electron chi connectivity index (χ0n) is 3.79. The Hall–Kier alpha value is -0.100. The first-order valence-corrected chi connectivity index (χ1v) is 2.85. The maximum absolute atomic E-state index is 9.67. The van der Waals surface area contributed by atoms with Crippen LogP contribution in [0.2, 0.25) is 0 Å². The fourth-order valence-electron chi connectivity index (χ4n) is 0. The Bertz CT molecular complexity index is 87.0. The van der Waals surface area contributed by atoms with Crippen LogP contribution in [0.25, 0.3) is 0 Å². The normalized spacial score (nSPS) is 10.6. The molecule has 0 aliphatic carbocycles. The number of hydrogen-bond acceptors (Lipinski definition) is 4. The van der Waals surface area contributed by atoms with E-state index in [9.17, 15) is 13.2 Å². The summed E-state index contributed by atoms with van der Waals surface area (Å²) in [5.41, 5.74) is 0. The molecule has 0 heterocycles. The van der Waals surface area contributed by atoms with E-state index in [1.54, 1.807) is 0 Å². The van der Waals surface area contributed by atoms with E-state index in [-0.39, 0.29) is 0 Å². The molecule has 0 N–H and O–H groups in total. The topological polar surface area (TPSA) is 86.2 Å². The van der Waals surface area contributed by atoms with E-state index in [0.717, 1.165) is 0 Å². The van der Waals surface area contributed by atoms with Gasteiger partial charge in [0, 0.05) is 0 Å². The highest BCUT2D eigenvalue weighted by Crippen LogP contribution is 2.03. The van der Waals surface area contributed by atoms with Gasteiger partial charge in [0.05, 0.1) is 0 Å². The van der Waals surface area contributed by atoms with Gasteiger partial charge in [-0.3, -0.25) is 0 Å². The predicted molar refractivity (Wildman–Crippen MR) is 14.7 cm³/mol. The van der Waals surface area contributed by atoms with E-state index in [1.807, 2.05) is 0 Å². The largest absolute Gasteiger partial charge is 0.822 e. The minimum Gasteiger partial charge on any atom is -0.822 e. The number of phosphoric acid groups is 1. The van der Waals surface area contributed by atoms with Gasteiger partial charge >= 0.3 is 6.68 Å². The third-order valence-corrected chi connectivity index (χ3v) is 0. The van der Waals surface area contributed by atoms with Gasteiger partial charge in [-0.1, -0.05) is 0 Å². The Morgan fingerprint density at radius 1 is 1.11 bits per heavy atom. The van der Waals surface area contributed by atoms with Crippen LogP contribution in [0.3, 0.4) is 0 Å². The molecule has 0 aromatic rings. The highest BCUT2D eigenvalue weighted by atomic mass is 31.2. The molecule has 0 spiro atoms. The number of alkyl halides is 3. The molecule has 0 aromatic heterocycles. The van der Waals surface area contributed by atoms with Crippen LogP contribution in [0.15, 0.2) is 0 Å². The SMILES string of the molecule is FC(F)F.O=P([O-])([O-])[O-]. The second-order valence-electron chi connectivity index (χ2n) is 0.695. The summed E-state index contributed by atoms with van der Waals surface area (Å²) < 4.78 is 37.5. The predicted octanol–water partition coefficient (Wildman–Crippen LogP) is -1.65. The molecule has 0 saturated heterocycles. The van der Waals surface area contributed by atoms with Gasteiger partial charge in [-0.15, -0.1) is 0 Å². The van der Waals surface area contributed by atoms with Gasteiger partial charge < -0.3 is 19.2 Å². The van der Waals surface area contributed by atoms with Gasteiger partial charge in [0.15, 0.2) is 0 Å². The molecule has 8 heteroatoms. The molecular formula is CHF3O4P-3. The smallest absolute Gasteiger partial charge is 0.379 e. The summed E-state index contributed by atoms with van der Waals surface area (Å²) in [5, 5.41) is 0. The first kappa shape index (κ1) is 11.7. The molecule has 0 fully saturated rings. The van der Waals surface area contributed by atoms with Crippen LogP contribution in [0.4, 0.5) is 13.2 Å². The van der Waals surface area contributed by atoms with Crippen molar-refractivity contribution in [1.82, 2.24) is 0 Å². The number of rotatable bonds is 0. The van der Waals surface area contributed by atoms with E-state index in [0.29, 0.717) is 0 Å². The minimum absolute atomic E-state index is 3.67. The molecule has 0 rings (SSSR count). The van der Waals surface area contributed by atoms with Crippen molar-refractivity contribution in [2.45, 2.75) is 6.68 Å². The average molecular weight is 165 g/mol. The molecule has 0 saturated carbocycles. The van der Waals surface area contributed by atoms with Gasteiger partial charge in [0.25, 0.3) is 0 Å². The Morgan fingerprint density at radius 3 is 1.11 bits per heavy atom. The van der Waals surface area contributed by atoms with Crippen molar-refractivity contribution in [1.29, 1.82) is 0 Å². The number of halogens is 3. The second kappa shape index (κ2) is 4.75. The lowest BCUT2D eigenvalue weighted by atomic mass is 11.6. The summed E-state index contributed by atoms with van der Waals surface area (Å²) in [5.74, 6) is 0.